The van der Waals surface area contributed by atoms with Gasteiger partial charge in [-0.2, -0.15) is 10.5 Å². The summed E-state index contributed by atoms with van der Waals surface area (Å²) in [7, 11) is 1.87. The molecule has 18 nitrogen and oxygen atoms in total. The number of nitrogens with one attached hydrogen (secondary N) is 2. The summed E-state index contributed by atoms with van der Waals surface area (Å²) in [6, 6.07) is 16.0. The van der Waals surface area contributed by atoms with Crippen molar-refractivity contribution in [3.63, 3.8) is 0 Å². The zero-order valence-electron chi connectivity index (χ0n) is 39.1. The number of hydroxylamine groups is 2. The molecule has 0 atom stereocenters. The number of rotatable bonds is 21. The molecule has 5 N–H and O–H groups in total. The van der Waals surface area contributed by atoms with E-state index in [0.29, 0.717) is 68.9 Å². The lowest BCUT2D eigenvalue weighted by Crippen LogP contribution is -2.32. The number of aromatic carboxylic acids is 1. The minimum absolute atomic E-state index is 0.0362. The van der Waals surface area contributed by atoms with Crippen LogP contribution in [0.5, 0.6) is 5.75 Å². The number of carboxylic acids is 1. The molecular formula is C49H59FN8O10. The van der Waals surface area contributed by atoms with Crippen LogP contribution in [-0.4, -0.2) is 90.3 Å². The number of nitrogens with zero attached hydrogens (tertiary/aromatic N) is 5. The van der Waals surface area contributed by atoms with Crippen LogP contribution < -0.4 is 26.1 Å². The second-order valence-corrected chi connectivity index (χ2v) is 15.2. The third-order valence-electron chi connectivity index (χ3n) is 9.60. The maximum absolute atomic E-state index is 13.1. The summed E-state index contributed by atoms with van der Waals surface area (Å²) in [6.07, 6.45) is 6.55. The van der Waals surface area contributed by atoms with Gasteiger partial charge in [0.05, 0.1) is 17.7 Å². The SMILES string of the molecule is CC(=O)CCCCN.CC(=O)CCCCNC(=O)c1ccc(ON2C(=O)CCC2=O)c(C#N)c1.CC(=O)CCCCNC(=O)c1ccc([19F])c(C#N)c1.[C-]#[N+]c1cc(C(=O)O)ccc1N(C)CC. The minimum Gasteiger partial charge on any atom is -0.478 e. The maximum atomic E-state index is 13.1. The molecule has 1 saturated heterocycles. The summed E-state index contributed by atoms with van der Waals surface area (Å²) in [5.41, 5.74) is 6.90. The van der Waals surface area contributed by atoms with E-state index in [9.17, 15) is 48.0 Å². The van der Waals surface area contributed by atoms with Crippen molar-refractivity contribution in [2.45, 2.75) is 98.3 Å². The molecule has 0 unspecified atom stereocenters. The molecule has 0 saturated carbocycles. The Labute approximate surface area is 396 Å². The third-order valence-corrected chi connectivity index (χ3v) is 9.60. The van der Waals surface area contributed by atoms with Crippen molar-refractivity contribution in [3.8, 4) is 17.9 Å². The number of amides is 4. The molecule has 1 aliphatic heterocycles. The Morgan fingerprint density at radius 2 is 1.24 bits per heavy atom. The predicted octanol–water partition coefficient (Wildman–Crippen LogP) is 6.77. The summed E-state index contributed by atoms with van der Waals surface area (Å²) in [6.45, 7) is 16.0. The average Bonchev–Trinajstić information content (AvgIpc) is 3.63. The van der Waals surface area contributed by atoms with Crippen LogP contribution in [0, 0.1) is 35.1 Å². The summed E-state index contributed by atoms with van der Waals surface area (Å²) >= 11 is 0. The minimum atomic E-state index is -1.01. The number of carboxylic acid groups (broad SMARTS) is 1. The van der Waals surface area contributed by atoms with Crippen molar-refractivity contribution in [2.24, 2.45) is 5.73 Å². The number of imide groups is 1. The first kappa shape index (κ1) is 58.2. The molecule has 4 rings (SSSR count). The van der Waals surface area contributed by atoms with E-state index in [4.69, 9.17) is 27.5 Å². The van der Waals surface area contributed by atoms with E-state index in [1.54, 1.807) is 19.1 Å². The predicted molar refractivity (Wildman–Crippen MR) is 250 cm³/mol. The number of carbonyl (C=O) groups excluding carboxylic acids is 7. The fraction of sp³-hybridized carbons (Fsp3) is 0.408. The molecular weight excluding hydrogens is 880 g/mol. The first-order chi connectivity index (χ1) is 32.3. The Morgan fingerprint density at radius 3 is 1.68 bits per heavy atom. The monoisotopic (exact) mass is 938 g/mol. The number of nitrogens with two attached hydrogens (primary N) is 1. The lowest BCUT2D eigenvalue weighted by molar-refractivity contribution is -0.164. The van der Waals surface area contributed by atoms with Crippen LogP contribution in [0.2, 0.25) is 0 Å². The molecule has 1 fully saturated rings. The van der Waals surface area contributed by atoms with Crippen molar-refractivity contribution >= 4 is 58.3 Å². The van der Waals surface area contributed by atoms with E-state index in [0.717, 1.165) is 37.6 Å². The van der Waals surface area contributed by atoms with Gasteiger partial charge in [0.25, 0.3) is 23.6 Å². The lowest BCUT2D eigenvalue weighted by Gasteiger charge is -2.18. The molecule has 1 aliphatic rings. The molecule has 68 heavy (non-hydrogen) atoms. The van der Waals surface area contributed by atoms with Gasteiger partial charge < -0.3 is 45.6 Å². The second kappa shape index (κ2) is 32.0. The topological polar surface area (TPSA) is 275 Å². The van der Waals surface area contributed by atoms with Crippen LogP contribution in [0.1, 0.15) is 141 Å². The van der Waals surface area contributed by atoms with Crippen LogP contribution in [-0.2, 0) is 24.0 Å². The number of carbonyl (C=O) groups is 8. The number of Topliss-reactive ketones (excluding diaryl/α,β-unsaturated/α-hetero) is 3. The van der Waals surface area contributed by atoms with E-state index >= 15 is 0 Å². The number of unbranched alkanes of at least 4 members (excludes halogenated alkanes) is 3. The summed E-state index contributed by atoms with van der Waals surface area (Å²) in [5, 5.41) is 32.7. The van der Waals surface area contributed by atoms with Crippen molar-refractivity contribution < 1.29 is 52.7 Å². The highest BCUT2D eigenvalue weighted by atomic mass is 19.1. The van der Waals surface area contributed by atoms with Gasteiger partial charge in [-0.1, -0.05) is 0 Å². The number of hydrogen-bond donors (Lipinski definition) is 4. The van der Waals surface area contributed by atoms with Crippen LogP contribution in [0.15, 0.2) is 54.6 Å². The summed E-state index contributed by atoms with van der Waals surface area (Å²) in [5.74, 6) is -2.75. The Morgan fingerprint density at radius 1 is 0.765 bits per heavy atom. The third kappa shape index (κ3) is 21.9. The van der Waals surface area contributed by atoms with Crippen LogP contribution in [0.3, 0.4) is 0 Å². The Bertz CT molecular complexity index is 2370. The first-order valence-corrected chi connectivity index (χ1v) is 21.8. The standard InChI is InChI=1S/C18H19N3O5.C14H15FN2O2.C11H12N2O2.C6H13NO/c1-12(22)4-2-3-9-20-18(25)13-5-6-15(14(10-13)11-19)26-21-16(23)7-8-17(21)24;1-10(18)4-2-3-7-17-14(19)11-5-6-13(15)12(8-11)9-16;1-4-13(3)10-6-5-8(11(14)15)7-9(10)12-2;1-6(8)4-2-3-5-7/h5-6,10H,2-4,7-9H2,1H3,(H,20,25);5-6,8H,2-4,7H2,1H3,(H,17,19);5-7H,4H2,1,3H3,(H,14,15);2-5,7H2,1H3/i;15+0;;. The Kier molecular flexibility index (Phi) is 27.3. The average molecular weight is 939 g/mol. The highest BCUT2D eigenvalue weighted by Gasteiger charge is 2.32. The largest absolute Gasteiger partial charge is 0.478 e. The van der Waals surface area contributed by atoms with Gasteiger partial charge in [-0.05, 0) is 127 Å². The van der Waals surface area contributed by atoms with E-state index in [1.165, 1.54) is 56.3 Å². The smallest absolute Gasteiger partial charge is 0.334 e. The van der Waals surface area contributed by atoms with E-state index < -0.39 is 23.6 Å². The molecule has 1 heterocycles. The molecule has 3 aromatic carbocycles. The van der Waals surface area contributed by atoms with Crippen LogP contribution in [0.4, 0.5) is 15.8 Å². The molecule has 4 amide bonds. The number of benzene rings is 3. The highest BCUT2D eigenvalue weighted by molar-refractivity contribution is 6.01. The van der Waals surface area contributed by atoms with Gasteiger partial charge >= 0.3 is 5.97 Å². The van der Waals surface area contributed by atoms with E-state index in [2.05, 4.69) is 15.5 Å². The molecule has 0 bridgehead atoms. The van der Waals surface area contributed by atoms with Gasteiger partial charge in [0, 0.05) is 81.2 Å². The fourth-order valence-corrected chi connectivity index (χ4v) is 5.71. The maximum Gasteiger partial charge on any atom is 0.334 e. The number of hydrogen-bond acceptors (Lipinski definition) is 13. The molecule has 0 radical (unpaired) electrons. The number of anilines is 1. The van der Waals surface area contributed by atoms with Gasteiger partial charge in [0.1, 0.15) is 35.3 Å². The highest BCUT2D eigenvalue weighted by Crippen LogP contribution is 2.29. The molecule has 362 valence electrons. The molecule has 0 aromatic heterocycles. The van der Waals surface area contributed by atoms with Crippen LogP contribution in [0.25, 0.3) is 4.85 Å². The number of halogens is 1. The van der Waals surface area contributed by atoms with Crippen LogP contribution >= 0.6 is 0 Å². The van der Waals surface area contributed by atoms with Gasteiger partial charge in [-0.3, -0.25) is 19.2 Å². The second-order valence-electron chi connectivity index (χ2n) is 15.2. The fourth-order valence-electron chi connectivity index (χ4n) is 5.71. The van der Waals surface area contributed by atoms with E-state index in [-0.39, 0.29) is 75.6 Å². The molecule has 3 aromatic rings. The van der Waals surface area contributed by atoms with Gasteiger partial charge in [0.15, 0.2) is 5.75 Å². The Balaban J connectivity index is 0.000000486. The van der Waals surface area contributed by atoms with Crippen molar-refractivity contribution in [3.05, 3.63) is 99.6 Å². The van der Waals surface area contributed by atoms with Crippen molar-refractivity contribution in [1.29, 1.82) is 10.5 Å². The van der Waals surface area contributed by atoms with E-state index in [1.807, 2.05) is 24.9 Å². The first-order valence-electron chi connectivity index (χ1n) is 21.8. The lowest BCUT2D eigenvalue weighted by atomic mass is 10.1. The zero-order valence-corrected chi connectivity index (χ0v) is 39.1. The molecule has 19 heteroatoms. The normalized spacial score (nSPS) is 11.0. The van der Waals surface area contributed by atoms with Crippen molar-refractivity contribution in [2.75, 3.05) is 38.1 Å². The van der Waals surface area contributed by atoms with Gasteiger partial charge in [0.2, 0.25) is 5.69 Å². The van der Waals surface area contributed by atoms with Gasteiger partial charge in [-0.15, -0.1) is 5.06 Å². The van der Waals surface area contributed by atoms with Crippen molar-refractivity contribution in [1.82, 2.24) is 15.7 Å². The number of ketones is 3. The summed E-state index contributed by atoms with van der Waals surface area (Å²) in [4.78, 5) is 100. The Hall–Kier alpha value is -7.82. The summed E-state index contributed by atoms with van der Waals surface area (Å²) < 4.78 is 13.1. The van der Waals surface area contributed by atoms with Gasteiger partial charge in [-0.25, -0.2) is 14.0 Å². The quantitative estimate of drug-likeness (QED) is 0.0487. The number of nitriles is 2. The zero-order chi connectivity index (χ0) is 51.2. The molecule has 0 spiro atoms. The molecule has 0 aliphatic carbocycles.